The zero-order valence-electron chi connectivity index (χ0n) is 19.7. The van der Waals surface area contributed by atoms with E-state index in [1.54, 1.807) is 0 Å². The maximum atomic E-state index is 5.96. The molecule has 6 heteroatoms. The number of hydrogen-bond acceptors (Lipinski definition) is 5. The van der Waals surface area contributed by atoms with Gasteiger partial charge < -0.3 is 14.6 Å². The molecule has 174 valence electrons. The number of benzene rings is 2. The van der Waals surface area contributed by atoms with Gasteiger partial charge in [0, 0.05) is 56.6 Å². The highest BCUT2D eigenvalue weighted by molar-refractivity contribution is 5.63. The number of aromatic amines is 1. The molecule has 0 saturated carbocycles. The number of piperazine rings is 1. The first-order valence-corrected chi connectivity index (χ1v) is 11.9. The molecule has 1 aliphatic heterocycles. The molecule has 1 N–H and O–H groups in total. The van der Waals surface area contributed by atoms with Gasteiger partial charge in [0.1, 0.15) is 18.2 Å². The third kappa shape index (κ3) is 5.71. The van der Waals surface area contributed by atoms with E-state index in [1.807, 2.05) is 42.7 Å². The highest BCUT2D eigenvalue weighted by atomic mass is 16.5. The zero-order valence-corrected chi connectivity index (χ0v) is 19.7. The monoisotopic (exact) mass is 453 g/mol. The third-order valence-corrected chi connectivity index (χ3v) is 6.35. The molecule has 3 heterocycles. The Hall–Kier alpha value is -3.48. The van der Waals surface area contributed by atoms with Crippen molar-refractivity contribution in [2.45, 2.75) is 6.42 Å². The fourth-order valence-electron chi connectivity index (χ4n) is 4.20. The van der Waals surface area contributed by atoms with E-state index in [4.69, 9.17) is 4.74 Å². The third-order valence-electron chi connectivity index (χ3n) is 6.35. The average Bonchev–Trinajstić information content (AvgIpc) is 3.35. The van der Waals surface area contributed by atoms with Gasteiger partial charge in [0.2, 0.25) is 0 Å². The van der Waals surface area contributed by atoms with Gasteiger partial charge in [-0.3, -0.25) is 9.88 Å². The van der Waals surface area contributed by atoms with Gasteiger partial charge in [-0.15, -0.1) is 0 Å². The molecule has 0 amide bonds. The van der Waals surface area contributed by atoms with Crippen LogP contribution < -0.4 is 4.74 Å². The predicted molar refractivity (Wildman–Crippen MR) is 136 cm³/mol. The molecule has 4 aromatic rings. The van der Waals surface area contributed by atoms with Crippen LogP contribution in [0.15, 0.2) is 79.1 Å². The van der Waals surface area contributed by atoms with Crippen molar-refractivity contribution in [3.05, 3.63) is 90.6 Å². The van der Waals surface area contributed by atoms with Crippen LogP contribution in [0, 0.1) is 0 Å². The minimum atomic E-state index is 0.674. The van der Waals surface area contributed by atoms with Gasteiger partial charge in [-0.05, 0) is 36.4 Å². The Labute approximate surface area is 201 Å². The Morgan fingerprint density at radius 3 is 2.29 bits per heavy atom. The number of likely N-dealkylation sites (N-methyl/N-ethyl adjacent to an activating group) is 1. The molecular formula is C28H31N5O. The first-order chi connectivity index (χ1) is 16.7. The van der Waals surface area contributed by atoms with E-state index in [2.05, 4.69) is 68.2 Å². The van der Waals surface area contributed by atoms with Crippen molar-refractivity contribution in [2.75, 3.05) is 46.4 Å². The summed E-state index contributed by atoms with van der Waals surface area (Å²) in [6.07, 6.45) is 4.49. The van der Waals surface area contributed by atoms with Crippen LogP contribution in [-0.4, -0.2) is 71.1 Å². The predicted octanol–water partition coefficient (Wildman–Crippen LogP) is 4.36. The van der Waals surface area contributed by atoms with Crippen molar-refractivity contribution in [2.24, 2.45) is 0 Å². The summed E-state index contributed by atoms with van der Waals surface area (Å²) in [7, 11) is 2.18. The smallest absolute Gasteiger partial charge is 0.119 e. The summed E-state index contributed by atoms with van der Waals surface area (Å²) in [6.45, 7) is 6.21. The van der Waals surface area contributed by atoms with E-state index in [1.165, 1.54) is 0 Å². The quantitative estimate of drug-likeness (QED) is 0.430. The van der Waals surface area contributed by atoms with Crippen molar-refractivity contribution < 1.29 is 4.74 Å². The second-order valence-electron chi connectivity index (χ2n) is 8.84. The number of nitrogens with zero attached hydrogens (tertiary/aromatic N) is 4. The Balaban J connectivity index is 1.13. The van der Waals surface area contributed by atoms with Crippen LogP contribution in [0.2, 0.25) is 0 Å². The zero-order chi connectivity index (χ0) is 23.2. The Bertz CT molecular complexity index is 1160. The van der Waals surface area contributed by atoms with Crippen LogP contribution in [0.4, 0.5) is 0 Å². The van der Waals surface area contributed by atoms with Gasteiger partial charge in [-0.1, -0.05) is 48.5 Å². The first kappa shape index (κ1) is 22.3. The summed E-state index contributed by atoms with van der Waals surface area (Å²) in [5.74, 6) is 1.83. The minimum Gasteiger partial charge on any atom is -0.492 e. The van der Waals surface area contributed by atoms with Crippen LogP contribution in [0.1, 0.15) is 11.5 Å². The molecule has 2 aromatic heterocycles. The molecular weight excluding hydrogens is 422 g/mol. The van der Waals surface area contributed by atoms with E-state index < -0.39 is 0 Å². The normalized spacial score (nSPS) is 14.9. The average molecular weight is 454 g/mol. The molecule has 0 bridgehead atoms. The second kappa shape index (κ2) is 10.6. The molecule has 0 spiro atoms. The second-order valence-corrected chi connectivity index (χ2v) is 8.84. The Morgan fingerprint density at radius 1 is 0.794 bits per heavy atom. The number of nitrogens with one attached hydrogen (secondary N) is 1. The fourth-order valence-corrected chi connectivity index (χ4v) is 4.20. The minimum absolute atomic E-state index is 0.674. The molecule has 0 radical (unpaired) electrons. The van der Waals surface area contributed by atoms with E-state index >= 15 is 0 Å². The summed E-state index contributed by atoms with van der Waals surface area (Å²) in [6, 6.07) is 22.7. The Kier molecular flexibility index (Phi) is 6.98. The Morgan fingerprint density at radius 2 is 1.56 bits per heavy atom. The number of imidazole rings is 1. The standard InChI is InChI=1S/C28H31N5O/c1-32-13-15-33(16-14-32)17-18-34-26-11-8-22(9-12-26)24-7-10-25(29-20-24)19-28-30-21-27(31-28)23-5-3-2-4-6-23/h2-12,20-21H,13-19H2,1H3,(H,30,31). The number of hydrogen-bond donors (Lipinski definition) is 1. The van der Waals surface area contributed by atoms with Crippen molar-refractivity contribution >= 4 is 0 Å². The summed E-state index contributed by atoms with van der Waals surface area (Å²) in [5, 5.41) is 0. The van der Waals surface area contributed by atoms with E-state index in [9.17, 15) is 0 Å². The van der Waals surface area contributed by atoms with Gasteiger partial charge in [-0.25, -0.2) is 4.98 Å². The van der Waals surface area contributed by atoms with Crippen LogP contribution in [0.5, 0.6) is 5.75 Å². The number of rotatable bonds is 8. The van der Waals surface area contributed by atoms with Crippen molar-refractivity contribution in [3.8, 4) is 28.1 Å². The highest BCUT2D eigenvalue weighted by Gasteiger charge is 2.13. The lowest BCUT2D eigenvalue weighted by Crippen LogP contribution is -2.45. The van der Waals surface area contributed by atoms with Crippen molar-refractivity contribution in [1.82, 2.24) is 24.8 Å². The van der Waals surface area contributed by atoms with Crippen LogP contribution >= 0.6 is 0 Å². The number of pyridine rings is 1. The molecule has 6 nitrogen and oxygen atoms in total. The number of H-pyrrole nitrogens is 1. The summed E-state index contributed by atoms with van der Waals surface area (Å²) in [4.78, 5) is 17.4. The van der Waals surface area contributed by atoms with Crippen molar-refractivity contribution in [3.63, 3.8) is 0 Å². The fraction of sp³-hybridized carbons (Fsp3) is 0.286. The molecule has 5 rings (SSSR count). The van der Waals surface area contributed by atoms with Crippen molar-refractivity contribution in [1.29, 1.82) is 0 Å². The van der Waals surface area contributed by atoms with Crippen LogP contribution in [0.3, 0.4) is 0 Å². The van der Waals surface area contributed by atoms with E-state index in [0.717, 1.165) is 79.0 Å². The lowest BCUT2D eigenvalue weighted by atomic mass is 10.1. The first-order valence-electron chi connectivity index (χ1n) is 11.9. The molecule has 1 aliphatic rings. The van der Waals surface area contributed by atoms with E-state index in [-0.39, 0.29) is 0 Å². The summed E-state index contributed by atoms with van der Waals surface area (Å²) >= 11 is 0. The molecule has 0 unspecified atom stereocenters. The van der Waals surface area contributed by atoms with E-state index in [0.29, 0.717) is 6.42 Å². The lowest BCUT2D eigenvalue weighted by Gasteiger charge is -2.32. The van der Waals surface area contributed by atoms with Gasteiger partial charge >= 0.3 is 0 Å². The molecule has 1 fully saturated rings. The topological polar surface area (TPSA) is 57.3 Å². The van der Waals surface area contributed by atoms with Gasteiger partial charge in [-0.2, -0.15) is 0 Å². The molecule has 0 aliphatic carbocycles. The number of aromatic nitrogens is 3. The largest absolute Gasteiger partial charge is 0.492 e. The summed E-state index contributed by atoms with van der Waals surface area (Å²) < 4.78 is 5.96. The van der Waals surface area contributed by atoms with Gasteiger partial charge in [0.15, 0.2) is 0 Å². The van der Waals surface area contributed by atoms with Crippen LogP contribution in [-0.2, 0) is 6.42 Å². The summed E-state index contributed by atoms with van der Waals surface area (Å²) in [5.41, 5.74) is 5.38. The molecule has 1 saturated heterocycles. The van der Waals surface area contributed by atoms with Crippen LogP contribution in [0.25, 0.3) is 22.4 Å². The SMILES string of the molecule is CN1CCN(CCOc2ccc(-c3ccc(Cc4ncc(-c5ccccc5)[nH]4)nc3)cc2)CC1. The number of ether oxygens (including phenoxy) is 1. The molecule has 0 atom stereocenters. The highest BCUT2D eigenvalue weighted by Crippen LogP contribution is 2.23. The molecule has 2 aromatic carbocycles. The van der Waals surface area contributed by atoms with Gasteiger partial charge in [0.25, 0.3) is 0 Å². The maximum absolute atomic E-state index is 5.96. The maximum Gasteiger partial charge on any atom is 0.119 e. The lowest BCUT2D eigenvalue weighted by molar-refractivity contribution is 0.134. The molecule has 34 heavy (non-hydrogen) atoms. The van der Waals surface area contributed by atoms with Gasteiger partial charge in [0.05, 0.1) is 11.9 Å².